The molecule has 2 aromatic carbocycles. The number of nitrogens with zero attached hydrogens (tertiary/aromatic N) is 2. The van der Waals surface area contributed by atoms with Crippen LogP contribution in [0.3, 0.4) is 0 Å². The summed E-state index contributed by atoms with van der Waals surface area (Å²) in [6.07, 6.45) is 5.79. The van der Waals surface area contributed by atoms with Gasteiger partial charge in [-0.2, -0.15) is 0 Å². The van der Waals surface area contributed by atoms with Gasteiger partial charge in [-0.25, -0.2) is 19.2 Å². The Morgan fingerprint density at radius 2 is 0.682 bits per heavy atom. The van der Waals surface area contributed by atoms with Crippen LogP contribution in [0.4, 0.5) is 0 Å². The molecule has 0 saturated heterocycles. The maximum absolute atomic E-state index is 10.4. The summed E-state index contributed by atoms with van der Waals surface area (Å²) in [5.74, 6) is -7.33. The molecule has 0 saturated carbocycles. The smallest absolute Gasteiger partial charge is 0.545 e. The summed E-state index contributed by atoms with van der Waals surface area (Å²) in [5, 5.41) is 54.5. The molecule has 0 amide bonds. The van der Waals surface area contributed by atoms with E-state index in [4.69, 9.17) is 20.4 Å². The Morgan fingerprint density at radius 3 is 0.841 bits per heavy atom. The molecule has 0 aliphatic heterocycles. The van der Waals surface area contributed by atoms with Crippen molar-refractivity contribution >= 4 is 35.8 Å². The van der Waals surface area contributed by atoms with Crippen LogP contribution in [-0.2, 0) is 44.8 Å². The predicted molar refractivity (Wildman–Crippen MR) is 138 cm³/mol. The number of hydrogen-bond acceptors (Lipinski definition) is 10. The van der Waals surface area contributed by atoms with E-state index in [1.54, 1.807) is 0 Å². The van der Waals surface area contributed by atoms with E-state index < -0.39 is 35.8 Å². The molecule has 4 N–H and O–H groups in total. The molecule has 0 aliphatic carbocycles. The SMILES string of the molecule is O=C(O)c1ccncc1.O=C(O)c1ccncc1.O=C([O-])c1ccccc1C(=O)O.O=C([O-])c1ccccc1C(=O)O.[Ag+].[Ag+]. The molecule has 2 heterocycles. The molecule has 0 atom stereocenters. The van der Waals surface area contributed by atoms with Crippen molar-refractivity contribution in [2.45, 2.75) is 0 Å². The molecule has 14 nitrogen and oxygen atoms in total. The standard InChI is InChI=1S/2C8H6O4.2C6H5NO2.2Ag/c2*9-7(10)5-3-1-2-4-6(5)8(11)12;2*8-6(9)5-1-3-7-4-2-5;;/h2*1-4H,(H,9,10)(H,11,12);2*1-4H,(H,8,9);;/q;;;;2*+1/p-2. The van der Waals surface area contributed by atoms with Crippen LogP contribution in [0.25, 0.3) is 0 Å². The quantitative estimate of drug-likeness (QED) is 0.199. The van der Waals surface area contributed by atoms with Gasteiger partial charge in [-0.05, 0) is 36.4 Å². The van der Waals surface area contributed by atoms with E-state index in [0.29, 0.717) is 0 Å². The van der Waals surface area contributed by atoms with Crippen LogP contribution in [0.5, 0.6) is 0 Å². The first-order valence-corrected chi connectivity index (χ1v) is 11.2. The third kappa shape index (κ3) is 14.8. The van der Waals surface area contributed by atoms with Crippen LogP contribution in [0.1, 0.15) is 62.1 Å². The molecule has 236 valence electrons. The number of carbonyl (C=O) groups excluding carboxylic acids is 2. The maximum atomic E-state index is 10.4. The molecular formula is C28H20Ag2N2O12. The predicted octanol–water partition coefficient (Wildman–Crippen LogP) is 1.05. The van der Waals surface area contributed by atoms with Gasteiger partial charge in [-0.15, -0.1) is 0 Å². The van der Waals surface area contributed by atoms with Crippen molar-refractivity contribution in [1.29, 1.82) is 0 Å². The molecule has 2 aromatic heterocycles. The van der Waals surface area contributed by atoms with Crippen molar-refractivity contribution in [2.24, 2.45) is 0 Å². The fourth-order valence-corrected chi connectivity index (χ4v) is 2.68. The van der Waals surface area contributed by atoms with Crippen molar-refractivity contribution in [2.75, 3.05) is 0 Å². The van der Waals surface area contributed by atoms with E-state index >= 15 is 0 Å². The summed E-state index contributed by atoms with van der Waals surface area (Å²) in [6.45, 7) is 0. The van der Waals surface area contributed by atoms with E-state index in [0.717, 1.165) is 0 Å². The molecule has 4 aromatic rings. The van der Waals surface area contributed by atoms with E-state index in [9.17, 15) is 39.0 Å². The zero-order chi connectivity index (χ0) is 31.7. The van der Waals surface area contributed by atoms with Gasteiger partial charge in [0.1, 0.15) is 0 Å². The Balaban J connectivity index is 0. The van der Waals surface area contributed by atoms with Gasteiger partial charge in [-0.3, -0.25) is 9.97 Å². The summed E-state index contributed by atoms with van der Waals surface area (Å²) in [4.78, 5) is 69.2. The number of pyridine rings is 2. The van der Waals surface area contributed by atoms with E-state index in [-0.39, 0.29) is 78.1 Å². The zero-order valence-electron chi connectivity index (χ0n) is 21.8. The summed E-state index contributed by atoms with van der Waals surface area (Å²) in [7, 11) is 0. The number of aromatic carboxylic acids is 6. The van der Waals surface area contributed by atoms with Crippen LogP contribution in [-0.4, -0.2) is 66.2 Å². The minimum absolute atomic E-state index is 0. The number of rotatable bonds is 6. The van der Waals surface area contributed by atoms with Crippen molar-refractivity contribution in [1.82, 2.24) is 9.97 Å². The van der Waals surface area contributed by atoms with E-state index in [2.05, 4.69) is 9.97 Å². The van der Waals surface area contributed by atoms with Gasteiger partial charge >= 0.3 is 68.6 Å². The van der Waals surface area contributed by atoms with Crippen LogP contribution >= 0.6 is 0 Å². The monoisotopic (exact) mass is 790 g/mol. The van der Waals surface area contributed by atoms with Crippen LogP contribution in [0.2, 0.25) is 0 Å². The number of carboxylic acid groups (broad SMARTS) is 6. The molecule has 0 unspecified atom stereocenters. The Hall–Kier alpha value is -4.96. The third-order valence-corrected chi connectivity index (χ3v) is 4.61. The van der Waals surface area contributed by atoms with Crippen LogP contribution in [0.15, 0.2) is 97.6 Å². The number of carbonyl (C=O) groups is 6. The minimum atomic E-state index is -1.48. The largest absolute Gasteiger partial charge is 1.00 e. The maximum Gasteiger partial charge on any atom is 1.00 e. The van der Waals surface area contributed by atoms with Crippen molar-refractivity contribution in [3.63, 3.8) is 0 Å². The van der Waals surface area contributed by atoms with Crippen LogP contribution in [0, 0.1) is 0 Å². The number of hydrogen-bond donors (Lipinski definition) is 4. The van der Waals surface area contributed by atoms with Crippen molar-refractivity contribution in [3.8, 4) is 0 Å². The van der Waals surface area contributed by atoms with E-state index in [1.807, 2.05) is 0 Å². The summed E-state index contributed by atoms with van der Waals surface area (Å²) in [6, 6.07) is 16.4. The number of carboxylic acids is 6. The average Bonchev–Trinajstić information content (AvgIpc) is 2.99. The molecule has 4 rings (SSSR count). The zero-order valence-corrected chi connectivity index (χ0v) is 24.8. The van der Waals surface area contributed by atoms with Gasteiger partial charge in [0.05, 0.1) is 34.2 Å². The first-order valence-electron chi connectivity index (χ1n) is 11.2. The molecule has 0 aliphatic rings. The number of benzene rings is 2. The second kappa shape index (κ2) is 21.7. The normalized spacial score (nSPS) is 8.73. The second-order valence-electron chi connectivity index (χ2n) is 7.36. The minimum Gasteiger partial charge on any atom is -0.545 e. The number of aromatic nitrogens is 2. The molecule has 0 radical (unpaired) electrons. The molecular weight excluding hydrogens is 772 g/mol. The summed E-state index contributed by atoms with van der Waals surface area (Å²) < 4.78 is 0. The molecule has 0 spiro atoms. The van der Waals surface area contributed by atoms with Gasteiger partial charge in [0.2, 0.25) is 0 Å². The van der Waals surface area contributed by atoms with Gasteiger partial charge in [0.15, 0.2) is 0 Å². The first-order chi connectivity index (χ1) is 19.9. The Kier molecular flexibility index (Phi) is 20.3. The summed E-state index contributed by atoms with van der Waals surface area (Å²) >= 11 is 0. The Morgan fingerprint density at radius 1 is 0.432 bits per heavy atom. The molecule has 44 heavy (non-hydrogen) atoms. The van der Waals surface area contributed by atoms with Gasteiger partial charge in [0.25, 0.3) is 0 Å². The molecule has 0 fully saturated rings. The van der Waals surface area contributed by atoms with Crippen LogP contribution < -0.4 is 10.2 Å². The third-order valence-electron chi connectivity index (χ3n) is 4.61. The topological polar surface area (TPSA) is 255 Å². The second-order valence-corrected chi connectivity index (χ2v) is 7.36. The van der Waals surface area contributed by atoms with Crippen molar-refractivity contribution < 1.29 is 104 Å². The Bertz CT molecular complexity index is 1370. The Labute approximate surface area is 279 Å². The fraction of sp³-hybridized carbons (Fsp3) is 0. The molecule has 0 bridgehead atoms. The van der Waals surface area contributed by atoms with E-state index in [1.165, 1.54) is 97.6 Å². The fourth-order valence-electron chi connectivity index (χ4n) is 2.68. The average molecular weight is 792 g/mol. The van der Waals surface area contributed by atoms with Gasteiger partial charge < -0.3 is 40.2 Å². The molecule has 16 heteroatoms. The van der Waals surface area contributed by atoms with Crippen molar-refractivity contribution in [3.05, 3.63) is 131 Å². The van der Waals surface area contributed by atoms with Gasteiger partial charge in [-0.1, -0.05) is 36.4 Å². The van der Waals surface area contributed by atoms with Gasteiger partial charge in [0, 0.05) is 35.9 Å². The summed E-state index contributed by atoms with van der Waals surface area (Å²) in [5.41, 5.74) is -0.569. The first kappa shape index (κ1) is 41.2.